The molecule has 1 saturated heterocycles. The zero-order valence-corrected chi connectivity index (χ0v) is 6.23. The van der Waals surface area contributed by atoms with Crippen LogP contribution in [0.3, 0.4) is 0 Å². The van der Waals surface area contributed by atoms with Crippen LogP contribution in [0.1, 0.15) is 19.8 Å². The van der Waals surface area contributed by atoms with Crippen LogP contribution in [-0.2, 0) is 0 Å². The zero-order valence-electron chi connectivity index (χ0n) is 6.23. The van der Waals surface area contributed by atoms with E-state index in [1.807, 2.05) is 0 Å². The third kappa shape index (κ3) is 1.47. The number of piperidine rings is 1. The molecule has 0 aromatic rings. The Hall–Kier alpha value is -0.150. The van der Waals surface area contributed by atoms with Crippen LogP contribution in [0.4, 0.5) is 4.39 Å². The molecule has 1 unspecified atom stereocenters. The molecule has 0 amide bonds. The van der Waals surface area contributed by atoms with Crippen molar-refractivity contribution in [3.63, 3.8) is 0 Å². The molecule has 1 rings (SSSR count). The number of aliphatic hydroxyl groups excluding tert-OH is 1. The first-order valence-corrected chi connectivity index (χ1v) is 3.73. The van der Waals surface area contributed by atoms with Gasteiger partial charge in [-0.3, -0.25) is 0 Å². The van der Waals surface area contributed by atoms with Crippen LogP contribution in [0.2, 0.25) is 0 Å². The van der Waals surface area contributed by atoms with E-state index in [0.717, 1.165) is 0 Å². The van der Waals surface area contributed by atoms with Crippen molar-refractivity contribution in [2.45, 2.75) is 31.5 Å². The second-order valence-corrected chi connectivity index (χ2v) is 2.96. The average molecular weight is 147 g/mol. The lowest BCUT2D eigenvalue weighted by atomic mass is 9.90. The number of aliphatic hydroxyl groups is 1. The van der Waals surface area contributed by atoms with Gasteiger partial charge in [0.05, 0.1) is 6.10 Å². The molecule has 0 aromatic heterocycles. The Morgan fingerprint density at radius 3 is 2.30 bits per heavy atom. The number of hydrogen-bond acceptors (Lipinski definition) is 2. The van der Waals surface area contributed by atoms with Gasteiger partial charge in [0.2, 0.25) is 0 Å². The highest BCUT2D eigenvalue weighted by Crippen LogP contribution is 2.26. The Labute approximate surface area is 60.4 Å². The summed E-state index contributed by atoms with van der Waals surface area (Å²) in [6.45, 7) is 2.88. The summed E-state index contributed by atoms with van der Waals surface area (Å²) < 4.78 is 13.4. The van der Waals surface area contributed by atoms with E-state index >= 15 is 0 Å². The Kier molecular flexibility index (Phi) is 2.26. The fourth-order valence-corrected chi connectivity index (χ4v) is 1.26. The first-order chi connectivity index (χ1) is 4.65. The highest BCUT2D eigenvalue weighted by Gasteiger charge is 2.36. The average Bonchev–Trinajstić information content (AvgIpc) is 1.89. The van der Waals surface area contributed by atoms with Crippen LogP contribution in [-0.4, -0.2) is 30.0 Å². The lowest BCUT2D eigenvalue weighted by Gasteiger charge is -2.32. The van der Waals surface area contributed by atoms with Crippen molar-refractivity contribution in [2.75, 3.05) is 13.1 Å². The van der Waals surface area contributed by atoms with Crippen molar-refractivity contribution in [3.05, 3.63) is 0 Å². The van der Waals surface area contributed by atoms with E-state index in [1.165, 1.54) is 6.92 Å². The molecule has 2 N–H and O–H groups in total. The molecular weight excluding hydrogens is 133 g/mol. The summed E-state index contributed by atoms with van der Waals surface area (Å²) in [5.74, 6) is 0. The number of alkyl halides is 1. The maximum absolute atomic E-state index is 13.4. The summed E-state index contributed by atoms with van der Waals surface area (Å²) in [7, 11) is 0. The molecule has 1 fully saturated rings. The third-order valence-electron chi connectivity index (χ3n) is 2.18. The van der Waals surface area contributed by atoms with Gasteiger partial charge in [0, 0.05) is 0 Å². The van der Waals surface area contributed by atoms with E-state index in [4.69, 9.17) is 5.11 Å². The molecule has 0 bridgehead atoms. The maximum Gasteiger partial charge on any atom is 0.138 e. The molecule has 10 heavy (non-hydrogen) atoms. The number of halogens is 1. The van der Waals surface area contributed by atoms with Crippen LogP contribution in [0, 0.1) is 0 Å². The number of nitrogens with one attached hydrogen (secondary N) is 1. The summed E-state index contributed by atoms with van der Waals surface area (Å²) in [5.41, 5.74) is -1.33. The van der Waals surface area contributed by atoms with Gasteiger partial charge in [-0.1, -0.05) is 0 Å². The Bertz CT molecular complexity index is 110. The topological polar surface area (TPSA) is 32.3 Å². The first kappa shape index (κ1) is 7.95. The smallest absolute Gasteiger partial charge is 0.138 e. The van der Waals surface area contributed by atoms with Gasteiger partial charge in [0.1, 0.15) is 5.67 Å². The number of rotatable bonds is 1. The minimum Gasteiger partial charge on any atom is -0.390 e. The predicted octanol–water partition coefficient (Wildman–Crippen LogP) is 0.459. The molecule has 0 saturated carbocycles. The van der Waals surface area contributed by atoms with Gasteiger partial charge in [-0.2, -0.15) is 0 Å². The van der Waals surface area contributed by atoms with Crippen LogP contribution >= 0.6 is 0 Å². The van der Waals surface area contributed by atoms with Gasteiger partial charge in [0.25, 0.3) is 0 Å². The van der Waals surface area contributed by atoms with Gasteiger partial charge in [0.15, 0.2) is 0 Å². The normalized spacial score (nSPS) is 27.9. The first-order valence-electron chi connectivity index (χ1n) is 3.73. The number of hydrogen-bond donors (Lipinski definition) is 2. The standard InChI is InChI=1S/C7H14FNO/c1-6(10)7(8)2-4-9-5-3-7/h6,9-10H,2-5H2,1H3. The molecule has 60 valence electrons. The molecule has 0 aromatic carbocycles. The summed E-state index contributed by atoms with van der Waals surface area (Å²) in [6, 6.07) is 0. The van der Waals surface area contributed by atoms with E-state index in [-0.39, 0.29) is 0 Å². The molecule has 1 heterocycles. The van der Waals surface area contributed by atoms with E-state index in [2.05, 4.69) is 5.32 Å². The molecule has 1 aliphatic rings. The lowest BCUT2D eigenvalue weighted by Crippen LogP contribution is -2.45. The molecule has 1 aliphatic heterocycles. The summed E-state index contributed by atoms with van der Waals surface area (Å²) in [5, 5.41) is 12.1. The van der Waals surface area contributed by atoms with E-state index in [1.54, 1.807) is 0 Å². The van der Waals surface area contributed by atoms with Gasteiger partial charge in [-0.25, -0.2) is 4.39 Å². The molecule has 0 spiro atoms. The van der Waals surface area contributed by atoms with Gasteiger partial charge < -0.3 is 10.4 Å². The van der Waals surface area contributed by atoms with Crippen LogP contribution < -0.4 is 5.32 Å². The summed E-state index contributed by atoms with van der Waals surface area (Å²) >= 11 is 0. The molecular formula is C7H14FNO. The second-order valence-electron chi connectivity index (χ2n) is 2.96. The highest BCUT2D eigenvalue weighted by atomic mass is 19.1. The third-order valence-corrected chi connectivity index (χ3v) is 2.18. The largest absolute Gasteiger partial charge is 0.390 e. The Morgan fingerprint density at radius 1 is 1.50 bits per heavy atom. The van der Waals surface area contributed by atoms with E-state index in [9.17, 15) is 4.39 Å². The Balaban J connectivity index is 2.48. The zero-order chi connectivity index (χ0) is 7.61. The van der Waals surface area contributed by atoms with Crippen LogP contribution in [0.5, 0.6) is 0 Å². The SMILES string of the molecule is CC(O)C1(F)CCNCC1. The molecule has 0 radical (unpaired) electrons. The van der Waals surface area contributed by atoms with Crippen molar-refractivity contribution in [1.29, 1.82) is 0 Å². The van der Waals surface area contributed by atoms with E-state index < -0.39 is 11.8 Å². The fourth-order valence-electron chi connectivity index (χ4n) is 1.26. The lowest BCUT2D eigenvalue weighted by molar-refractivity contribution is -0.0185. The van der Waals surface area contributed by atoms with Crippen LogP contribution in [0.25, 0.3) is 0 Å². The molecule has 0 aliphatic carbocycles. The summed E-state index contributed by atoms with van der Waals surface area (Å²) in [4.78, 5) is 0. The van der Waals surface area contributed by atoms with Gasteiger partial charge >= 0.3 is 0 Å². The quantitative estimate of drug-likeness (QED) is 0.564. The van der Waals surface area contributed by atoms with Crippen molar-refractivity contribution < 1.29 is 9.50 Å². The van der Waals surface area contributed by atoms with Crippen molar-refractivity contribution in [1.82, 2.24) is 5.32 Å². The van der Waals surface area contributed by atoms with E-state index in [0.29, 0.717) is 25.9 Å². The minimum absolute atomic E-state index is 0.435. The van der Waals surface area contributed by atoms with Crippen molar-refractivity contribution >= 4 is 0 Å². The Morgan fingerprint density at radius 2 is 2.00 bits per heavy atom. The second kappa shape index (κ2) is 2.84. The monoisotopic (exact) mass is 147 g/mol. The van der Waals surface area contributed by atoms with Gasteiger partial charge in [-0.05, 0) is 32.9 Å². The fraction of sp³-hybridized carbons (Fsp3) is 1.00. The van der Waals surface area contributed by atoms with Crippen LogP contribution in [0.15, 0.2) is 0 Å². The maximum atomic E-state index is 13.4. The molecule has 2 nitrogen and oxygen atoms in total. The highest BCUT2D eigenvalue weighted by molar-refractivity contribution is 4.88. The van der Waals surface area contributed by atoms with Crippen molar-refractivity contribution in [2.24, 2.45) is 0 Å². The molecule has 1 atom stereocenters. The van der Waals surface area contributed by atoms with Crippen molar-refractivity contribution in [3.8, 4) is 0 Å². The minimum atomic E-state index is -1.33. The molecule has 3 heteroatoms. The van der Waals surface area contributed by atoms with Gasteiger partial charge in [-0.15, -0.1) is 0 Å². The summed E-state index contributed by atoms with van der Waals surface area (Å²) in [6.07, 6.45) is 0.0459. The predicted molar refractivity (Wildman–Crippen MR) is 37.6 cm³/mol.